The molecule has 0 atom stereocenters. The van der Waals surface area contributed by atoms with Crippen molar-refractivity contribution in [3.05, 3.63) is 64.5 Å². The van der Waals surface area contributed by atoms with Crippen LogP contribution in [0.4, 0.5) is 13.9 Å². The van der Waals surface area contributed by atoms with Crippen molar-refractivity contribution in [1.82, 2.24) is 25.2 Å². The number of nitrogens with zero attached hydrogens (tertiary/aromatic N) is 5. The van der Waals surface area contributed by atoms with Gasteiger partial charge in [0.05, 0.1) is 17.1 Å². The van der Waals surface area contributed by atoms with E-state index in [1.54, 1.807) is 29.6 Å². The van der Waals surface area contributed by atoms with Crippen molar-refractivity contribution < 1.29 is 13.6 Å². The average Bonchev–Trinajstić information content (AvgIpc) is 3.38. The number of tetrazole rings is 1. The van der Waals surface area contributed by atoms with Gasteiger partial charge in [0.15, 0.2) is 5.13 Å². The third-order valence-corrected chi connectivity index (χ3v) is 5.73. The SMILES string of the molecule is O=C(CSc1nnnn1-c1ccc(Cl)cc1)Nc1nc(-c2cc(F)ccc2F)cs1. The van der Waals surface area contributed by atoms with Crippen LogP contribution in [-0.4, -0.2) is 36.9 Å². The number of thiazole rings is 1. The number of rotatable bonds is 6. The Balaban J connectivity index is 1.40. The summed E-state index contributed by atoms with van der Waals surface area (Å²) < 4.78 is 28.7. The van der Waals surface area contributed by atoms with Crippen molar-refractivity contribution in [3.8, 4) is 16.9 Å². The molecule has 0 radical (unpaired) electrons. The maximum atomic E-state index is 13.9. The highest BCUT2D eigenvalue weighted by atomic mass is 35.5. The van der Waals surface area contributed by atoms with Crippen molar-refractivity contribution in [2.45, 2.75) is 5.16 Å². The van der Waals surface area contributed by atoms with Gasteiger partial charge in [-0.15, -0.1) is 16.4 Å². The van der Waals surface area contributed by atoms with Crippen LogP contribution in [0.25, 0.3) is 16.9 Å². The van der Waals surface area contributed by atoms with E-state index in [0.717, 1.165) is 41.3 Å². The van der Waals surface area contributed by atoms with Gasteiger partial charge in [0.25, 0.3) is 0 Å². The summed E-state index contributed by atoms with van der Waals surface area (Å²) in [6.45, 7) is 0. The molecule has 0 bridgehead atoms. The molecule has 0 aliphatic heterocycles. The number of amides is 1. The molecule has 0 fully saturated rings. The molecule has 7 nitrogen and oxygen atoms in total. The maximum Gasteiger partial charge on any atom is 0.236 e. The molecule has 0 spiro atoms. The van der Waals surface area contributed by atoms with E-state index < -0.39 is 11.6 Å². The highest BCUT2D eigenvalue weighted by Gasteiger charge is 2.15. The molecule has 0 saturated carbocycles. The van der Waals surface area contributed by atoms with Crippen LogP contribution < -0.4 is 5.32 Å². The zero-order valence-electron chi connectivity index (χ0n) is 14.9. The summed E-state index contributed by atoms with van der Waals surface area (Å²) in [6, 6.07) is 10.0. The molecule has 1 N–H and O–H groups in total. The minimum atomic E-state index is -0.593. The van der Waals surface area contributed by atoms with Gasteiger partial charge in [-0.1, -0.05) is 23.4 Å². The number of carbonyl (C=O) groups is 1. The zero-order valence-corrected chi connectivity index (χ0v) is 17.3. The first-order valence-corrected chi connectivity index (χ1v) is 10.6. The fourth-order valence-electron chi connectivity index (χ4n) is 2.45. The number of benzene rings is 2. The van der Waals surface area contributed by atoms with Crippen molar-refractivity contribution in [2.24, 2.45) is 0 Å². The Kier molecular flexibility index (Phi) is 6.02. The molecular formula is C18H11ClF2N6OS2. The van der Waals surface area contributed by atoms with E-state index in [4.69, 9.17) is 11.6 Å². The van der Waals surface area contributed by atoms with Gasteiger partial charge in [-0.25, -0.2) is 13.8 Å². The van der Waals surface area contributed by atoms with E-state index in [-0.39, 0.29) is 28.0 Å². The number of hydrogen-bond acceptors (Lipinski definition) is 7. The predicted molar refractivity (Wildman–Crippen MR) is 111 cm³/mol. The molecule has 2 heterocycles. The van der Waals surface area contributed by atoms with Gasteiger partial charge in [0, 0.05) is 16.0 Å². The molecule has 4 rings (SSSR count). The first kappa shape index (κ1) is 20.4. The minimum Gasteiger partial charge on any atom is -0.301 e. The number of nitrogens with one attached hydrogen (secondary N) is 1. The van der Waals surface area contributed by atoms with E-state index in [0.29, 0.717) is 15.9 Å². The maximum absolute atomic E-state index is 13.9. The summed E-state index contributed by atoms with van der Waals surface area (Å²) in [4.78, 5) is 16.4. The normalized spacial score (nSPS) is 10.9. The summed E-state index contributed by atoms with van der Waals surface area (Å²) in [5.74, 6) is -1.48. The molecule has 2 aromatic carbocycles. The highest BCUT2D eigenvalue weighted by Crippen LogP contribution is 2.28. The highest BCUT2D eigenvalue weighted by molar-refractivity contribution is 7.99. The third-order valence-electron chi connectivity index (χ3n) is 3.80. The van der Waals surface area contributed by atoms with Gasteiger partial charge in [-0.05, 0) is 52.9 Å². The van der Waals surface area contributed by atoms with E-state index in [1.807, 2.05) is 0 Å². The summed E-state index contributed by atoms with van der Waals surface area (Å²) in [5, 5.41) is 16.9. The summed E-state index contributed by atoms with van der Waals surface area (Å²) in [7, 11) is 0. The number of thioether (sulfide) groups is 1. The first-order valence-electron chi connectivity index (χ1n) is 8.37. The predicted octanol–water partition coefficient (Wildman–Crippen LogP) is 4.45. The molecule has 4 aromatic rings. The van der Waals surface area contributed by atoms with Crippen LogP contribution in [0.5, 0.6) is 0 Å². The quantitative estimate of drug-likeness (QED) is 0.424. The second-order valence-corrected chi connectivity index (χ2v) is 8.09. The molecule has 2 aromatic heterocycles. The first-order chi connectivity index (χ1) is 14.5. The number of hydrogen-bond donors (Lipinski definition) is 1. The molecule has 0 unspecified atom stereocenters. The van der Waals surface area contributed by atoms with Crippen LogP contribution in [-0.2, 0) is 4.79 Å². The van der Waals surface area contributed by atoms with Crippen LogP contribution in [0.15, 0.2) is 53.0 Å². The van der Waals surface area contributed by atoms with Crippen LogP contribution in [0.2, 0.25) is 5.02 Å². The monoisotopic (exact) mass is 464 g/mol. The smallest absolute Gasteiger partial charge is 0.236 e. The Morgan fingerprint density at radius 3 is 2.80 bits per heavy atom. The van der Waals surface area contributed by atoms with E-state index >= 15 is 0 Å². The lowest BCUT2D eigenvalue weighted by Crippen LogP contribution is -2.14. The van der Waals surface area contributed by atoms with Crippen LogP contribution in [0.1, 0.15) is 0 Å². The van der Waals surface area contributed by atoms with Gasteiger partial charge in [-0.2, -0.15) is 4.68 Å². The fraction of sp³-hybridized carbons (Fsp3) is 0.0556. The summed E-state index contributed by atoms with van der Waals surface area (Å²) in [5.41, 5.74) is 0.976. The number of aromatic nitrogens is 5. The van der Waals surface area contributed by atoms with Gasteiger partial charge >= 0.3 is 0 Å². The Bertz CT molecular complexity index is 1200. The summed E-state index contributed by atoms with van der Waals surface area (Å²) in [6.07, 6.45) is 0. The fourth-order valence-corrected chi connectivity index (χ4v) is 3.99. The number of anilines is 1. The van der Waals surface area contributed by atoms with Crippen LogP contribution in [0.3, 0.4) is 0 Å². The van der Waals surface area contributed by atoms with Crippen LogP contribution >= 0.6 is 34.7 Å². The van der Waals surface area contributed by atoms with Crippen molar-refractivity contribution in [3.63, 3.8) is 0 Å². The van der Waals surface area contributed by atoms with E-state index in [9.17, 15) is 13.6 Å². The molecule has 0 aliphatic carbocycles. The number of carbonyl (C=O) groups excluding carboxylic acids is 1. The van der Waals surface area contributed by atoms with Crippen molar-refractivity contribution >= 4 is 45.7 Å². The standard InChI is InChI=1S/C18H11ClF2N6OS2/c19-10-1-4-12(5-2-10)27-18(24-25-26-27)30-9-16(28)23-17-22-15(8-29-17)13-7-11(20)3-6-14(13)21/h1-8H,9H2,(H,22,23,28). The Morgan fingerprint density at radius 1 is 1.20 bits per heavy atom. The molecule has 1 amide bonds. The topological polar surface area (TPSA) is 85.6 Å². The van der Waals surface area contributed by atoms with E-state index in [2.05, 4.69) is 25.8 Å². The number of halogens is 3. The molecule has 12 heteroatoms. The second kappa shape index (κ2) is 8.86. The van der Waals surface area contributed by atoms with E-state index in [1.165, 1.54) is 4.68 Å². The Labute approximate surface area is 182 Å². The Morgan fingerprint density at radius 2 is 2.00 bits per heavy atom. The molecular weight excluding hydrogens is 454 g/mol. The molecule has 152 valence electrons. The van der Waals surface area contributed by atoms with Crippen LogP contribution in [0, 0.1) is 11.6 Å². The second-order valence-electron chi connectivity index (χ2n) is 5.85. The largest absolute Gasteiger partial charge is 0.301 e. The van der Waals surface area contributed by atoms with Gasteiger partial charge in [-0.3, -0.25) is 4.79 Å². The van der Waals surface area contributed by atoms with Gasteiger partial charge in [0.1, 0.15) is 11.6 Å². The zero-order chi connectivity index (χ0) is 21.1. The molecule has 30 heavy (non-hydrogen) atoms. The lowest BCUT2D eigenvalue weighted by Gasteiger charge is -2.04. The van der Waals surface area contributed by atoms with Gasteiger partial charge < -0.3 is 5.32 Å². The lowest BCUT2D eigenvalue weighted by molar-refractivity contribution is -0.113. The molecule has 0 saturated heterocycles. The third kappa shape index (κ3) is 4.64. The minimum absolute atomic E-state index is 0.0250. The van der Waals surface area contributed by atoms with Crippen molar-refractivity contribution in [2.75, 3.05) is 11.1 Å². The lowest BCUT2D eigenvalue weighted by atomic mass is 10.1. The summed E-state index contributed by atoms with van der Waals surface area (Å²) >= 11 is 8.14. The van der Waals surface area contributed by atoms with Gasteiger partial charge in [0.2, 0.25) is 11.1 Å². The average molecular weight is 465 g/mol. The molecule has 0 aliphatic rings. The van der Waals surface area contributed by atoms with Crippen molar-refractivity contribution in [1.29, 1.82) is 0 Å². The Hall–Kier alpha value is -2.89.